The van der Waals surface area contributed by atoms with Crippen LogP contribution in [0.4, 0.5) is 11.4 Å². The smallest absolute Gasteiger partial charge is 0.269 e. The minimum absolute atomic E-state index is 0.0292. The maximum Gasteiger partial charge on any atom is 0.269 e. The van der Waals surface area contributed by atoms with Crippen molar-refractivity contribution >= 4 is 45.4 Å². The van der Waals surface area contributed by atoms with E-state index in [2.05, 4.69) is 5.32 Å². The van der Waals surface area contributed by atoms with Gasteiger partial charge in [0.15, 0.2) is 0 Å². The average molecular weight is 491 g/mol. The molecule has 0 aliphatic carbocycles. The van der Waals surface area contributed by atoms with Crippen LogP contribution in [0.1, 0.15) is 25.0 Å². The molecule has 0 atom stereocenters. The Morgan fingerprint density at radius 1 is 1.17 bits per heavy atom. The molecule has 0 fully saturated rings. The highest BCUT2D eigenvalue weighted by molar-refractivity contribution is 6.30. The minimum atomic E-state index is -0.470. The van der Waals surface area contributed by atoms with E-state index in [1.807, 2.05) is 50.2 Å². The van der Waals surface area contributed by atoms with E-state index in [0.29, 0.717) is 39.8 Å². The fraction of sp³-hybridized carbons (Fsp3) is 0.148. The Kier molecular flexibility index (Phi) is 6.89. The fourth-order valence-electron chi connectivity index (χ4n) is 3.84. The fourth-order valence-corrected chi connectivity index (χ4v) is 3.96. The number of hydrogen-bond acceptors (Lipinski definition) is 5. The van der Waals surface area contributed by atoms with Gasteiger partial charge in [0.05, 0.1) is 17.8 Å². The van der Waals surface area contributed by atoms with Crippen LogP contribution in [0.25, 0.3) is 27.7 Å². The largest absolute Gasteiger partial charge is 0.493 e. The number of allylic oxidation sites excluding steroid dienone is 1. The third kappa shape index (κ3) is 5.20. The Morgan fingerprint density at radius 3 is 2.57 bits per heavy atom. The number of anilines is 1. The molecule has 178 valence electrons. The molecule has 0 spiro atoms. The molecule has 3 aromatic carbocycles. The van der Waals surface area contributed by atoms with E-state index in [9.17, 15) is 14.9 Å². The van der Waals surface area contributed by atoms with Crippen LogP contribution in [0, 0.1) is 17.0 Å². The number of non-ortho nitro benzene ring substituents is 1. The molecular weight excluding hydrogens is 468 g/mol. The normalized spacial score (nSPS) is 11.5. The molecule has 0 saturated carbocycles. The number of furan rings is 1. The number of rotatable bonds is 7. The van der Waals surface area contributed by atoms with E-state index < -0.39 is 4.92 Å². The van der Waals surface area contributed by atoms with Gasteiger partial charge in [-0.1, -0.05) is 23.7 Å². The first-order chi connectivity index (χ1) is 16.8. The zero-order chi connectivity index (χ0) is 25.1. The lowest BCUT2D eigenvalue weighted by atomic mass is 9.99. The molecular formula is C27H23ClN2O5. The van der Waals surface area contributed by atoms with E-state index in [4.69, 9.17) is 20.8 Å². The van der Waals surface area contributed by atoms with Gasteiger partial charge in [-0.3, -0.25) is 14.9 Å². The molecule has 1 heterocycles. The first-order valence-corrected chi connectivity index (χ1v) is 11.3. The van der Waals surface area contributed by atoms with Crippen molar-refractivity contribution in [3.8, 4) is 16.9 Å². The van der Waals surface area contributed by atoms with Crippen LogP contribution in [0.15, 0.2) is 71.4 Å². The number of nitro benzene ring substituents is 1. The SMILES string of the molecule is CCOc1cc2occ(-c3ccc(Cl)cc3)c2cc1/C(C)=C/C(=O)Nc1ccc([N+](=O)[O-])cc1C. The third-order valence-electron chi connectivity index (χ3n) is 5.58. The lowest BCUT2D eigenvalue weighted by Gasteiger charge is -2.12. The number of benzene rings is 3. The number of halogens is 1. The van der Waals surface area contributed by atoms with Gasteiger partial charge >= 0.3 is 0 Å². The van der Waals surface area contributed by atoms with Crippen LogP contribution in [0.3, 0.4) is 0 Å². The molecule has 0 unspecified atom stereocenters. The highest BCUT2D eigenvalue weighted by Gasteiger charge is 2.16. The molecule has 35 heavy (non-hydrogen) atoms. The number of carbonyl (C=O) groups is 1. The van der Waals surface area contributed by atoms with E-state index >= 15 is 0 Å². The molecule has 0 radical (unpaired) electrons. The molecule has 8 heteroatoms. The van der Waals surface area contributed by atoms with Crippen molar-refractivity contribution in [3.63, 3.8) is 0 Å². The summed E-state index contributed by atoms with van der Waals surface area (Å²) in [6.45, 7) is 5.87. The van der Waals surface area contributed by atoms with Crippen molar-refractivity contribution in [1.29, 1.82) is 0 Å². The zero-order valence-corrected chi connectivity index (χ0v) is 20.2. The highest BCUT2D eigenvalue weighted by Crippen LogP contribution is 2.38. The van der Waals surface area contributed by atoms with Gasteiger partial charge in [0.1, 0.15) is 11.3 Å². The van der Waals surface area contributed by atoms with Crippen LogP contribution in [-0.4, -0.2) is 17.4 Å². The van der Waals surface area contributed by atoms with Crippen molar-refractivity contribution < 1.29 is 18.9 Å². The molecule has 0 saturated heterocycles. The van der Waals surface area contributed by atoms with Gasteiger partial charge in [0.25, 0.3) is 5.69 Å². The average Bonchev–Trinajstić information content (AvgIpc) is 3.23. The number of amides is 1. The van der Waals surface area contributed by atoms with Crippen LogP contribution in [-0.2, 0) is 4.79 Å². The van der Waals surface area contributed by atoms with Crippen molar-refractivity contribution in [2.45, 2.75) is 20.8 Å². The molecule has 1 aromatic heterocycles. The molecule has 1 amide bonds. The van der Waals surface area contributed by atoms with Crippen molar-refractivity contribution in [2.24, 2.45) is 0 Å². The summed E-state index contributed by atoms with van der Waals surface area (Å²) >= 11 is 6.04. The number of aryl methyl sites for hydroxylation is 1. The summed E-state index contributed by atoms with van der Waals surface area (Å²) in [6, 6.07) is 15.6. The maximum absolute atomic E-state index is 12.8. The van der Waals surface area contributed by atoms with Crippen molar-refractivity contribution in [3.05, 3.63) is 93.2 Å². The highest BCUT2D eigenvalue weighted by atomic mass is 35.5. The second kappa shape index (κ2) is 10.0. The van der Waals surface area contributed by atoms with Gasteiger partial charge in [-0.15, -0.1) is 0 Å². The maximum atomic E-state index is 12.8. The Labute approximate surface area is 207 Å². The van der Waals surface area contributed by atoms with Crippen LogP contribution >= 0.6 is 11.6 Å². The van der Waals surface area contributed by atoms with Gasteiger partial charge in [0.2, 0.25) is 5.91 Å². The van der Waals surface area contributed by atoms with Crippen LogP contribution in [0.2, 0.25) is 5.02 Å². The molecule has 7 nitrogen and oxygen atoms in total. The molecule has 0 aliphatic rings. The first kappa shape index (κ1) is 24.0. The standard InChI is InChI=1S/C27H23ClN2O5/c1-4-34-25-14-26-22(23(15-35-26)18-5-7-19(28)8-6-18)13-21(25)16(2)12-27(31)29-24-10-9-20(30(32)33)11-17(24)3/h5-15H,4H2,1-3H3,(H,29,31)/b16-12+. The summed E-state index contributed by atoms with van der Waals surface area (Å²) in [4.78, 5) is 23.3. The predicted molar refractivity (Wildman–Crippen MR) is 138 cm³/mol. The summed E-state index contributed by atoms with van der Waals surface area (Å²) in [5, 5.41) is 15.3. The van der Waals surface area contributed by atoms with Crippen molar-refractivity contribution in [2.75, 3.05) is 11.9 Å². The second-order valence-corrected chi connectivity index (χ2v) is 8.44. The molecule has 4 rings (SSSR count). The van der Waals surface area contributed by atoms with Gasteiger partial charge in [-0.2, -0.15) is 0 Å². The third-order valence-corrected chi connectivity index (χ3v) is 5.83. The molecule has 0 aliphatic heterocycles. The molecule has 1 N–H and O–H groups in total. The summed E-state index contributed by atoms with van der Waals surface area (Å²) in [5.74, 6) is 0.247. The first-order valence-electron chi connectivity index (χ1n) is 11.0. The second-order valence-electron chi connectivity index (χ2n) is 8.01. The number of nitrogens with zero attached hydrogens (tertiary/aromatic N) is 1. The van der Waals surface area contributed by atoms with Gasteiger partial charge in [-0.05, 0) is 61.7 Å². The lowest BCUT2D eigenvalue weighted by molar-refractivity contribution is -0.384. The number of nitro groups is 1. The summed E-state index contributed by atoms with van der Waals surface area (Å²) in [6.07, 6.45) is 3.17. The van der Waals surface area contributed by atoms with Gasteiger partial charge in [-0.25, -0.2) is 0 Å². The quantitative estimate of drug-likeness (QED) is 0.165. The number of nitrogens with one attached hydrogen (secondary N) is 1. The predicted octanol–water partition coefficient (Wildman–Crippen LogP) is 7.41. The Hall–Kier alpha value is -4.10. The van der Waals surface area contributed by atoms with Crippen molar-refractivity contribution in [1.82, 2.24) is 0 Å². The minimum Gasteiger partial charge on any atom is -0.493 e. The Balaban J connectivity index is 1.69. The van der Waals surface area contributed by atoms with Gasteiger partial charge in [0, 0.05) is 51.5 Å². The monoisotopic (exact) mass is 490 g/mol. The van der Waals surface area contributed by atoms with Crippen LogP contribution < -0.4 is 10.1 Å². The number of ether oxygens (including phenoxy) is 1. The van der Waals surface area contributed by atoms with Gasteiger partial charge < -0.3 is 14.5 Å². The summed E-state index contributed by atoms with van der Waals surface area (Å²) in [7, 11) is 0. The summed E-state index contributed by atoms with van der Waals surface area (Å²) in [5.41, 5.74) is 5.05. The van der Waals surface area contributed by atoms with E-state index in [1.54, 1.807) is 13.2 Å². The number of hydrogen-bond donors (Lipinski definition) is 1. The van der Waals surface area contributed by atoms with Crippen LogP contribution in [0.5, 0.6) is 5.75 Å². The van der Waals surface area contributed by atoms with E-state index in [-0.39, 0.29) is 11.6 Å². The Bertz CT molecular complexity index is 1450. The summed E-state index contributed by atoms with van der Waals surface area (Å²) < 4.78 is 11.6. The zero-order valence-electron chi connectivity index (χ0n) is 19.4. The Morgan fingerprint density at radius 2 is 1.91 bits per heavy atom. The number of carbonyl (C=O) groups excluding carboxylic acids is 1. The van der Waals surface area contributed by atoms with E-state index in [0.717, 1.165) is 22.1 Å². The molecule has 0 bridgehead atoms. The molecule has 4 aromatic rings. The van der Waals surface area contributed by atoms with E-state index in [1.165, 1.54) is 24.3 Å². The topological polar surface area (TPSA) is 94.6 Å². The lowest BCUT2D eigenvalue weighted by Crippen LogP contribution is -2.10. The number of fused-ring (bicyclic) bond motifs is 1.